The first kappa shape index (κ1) is 16.6. The summed E-state index contributed by atoms with van der Waals surface area (Å²) in [6, 6.07) is 5.46. The maximum atomic E-state index is 13.6. The van der Waals surface area contributed by atoms with Crippen molar-refractivity contribution in [1.29, 1.82) is 0 Å². The van der Waals surface area contributed by atoms with Crippen LogP contribution >= 0.6 is 11.6 Å². The highest BCUT2D eigenvalue weighted by molar-refractivity contribution is 6.33. The molecule has 0 N–H and O–H groups in total. The number of fused-ring (bicyclic) bond motifs is 5. The number of halogens is 3. The van der Waals surface area contributed by atoms with Crippen molar-refractivity contribution in [3.05, 3.63) is 68.0 Å². The number of hydrogen-bond donors (Lipinski definition) is 0. The van der Waals surface area contributed by atoms with E-state index in [2.05, 4.69) is 0 Å². The molecule has 0 radical (unpaired) electrons. The van der Waals surface area contributed by atoms with E-state index < -0.39 is 11.6 Å². The average Bonchev–Trinajstić information content (AvgIpc) is 3.16. The maximum Gasteiger partial charge on any atom is 0.339 e. The molecule has 0 saturated heterocycles. The summed E-state index contributed by atoms with van der Waals surface area (Å²) < 4.78 is 38.3. The van der Waals surface area contributed by atoms with Crippen LogP contribution in [0.5, 0.6) is 5.75 Å². The first-order valence-corrected chi connectivity index (χ1v) is 9.03. The van der Waals surface area contributed by atoms with Gasteiger partial charge >= 0.3 is 5.63 Å². The van der Waals surface area contributed by atoms with Crippen LogP contribution < -0.4 is 15.3 Å². The largest absolute Gasteiger partial charge is 0.471 e. The third-order valence-electron chi connectivity index (χ3n) is 5.25. The highest BCUT2D eigenvalue weighted by atomic mass is 35.5. The summed E-state index contributed by atoms with van der Waals surface area (Å²) >= 11 is 6.43. The second-order valence-corrected chi connectivity index (χ2v) is 7.22. The van der Waals surface area contributed by atoms with Crippen molar-refractivity contribution in [2.24, 2.45) is 0 Å². The molecule has 1 aliphatic heterocycles. The van der Waals surface area contributed by atoms with E-state index >= 15 is 0 Å². The molecule has 0 spiro atoms. The Labute approximate surface area is 157 Å². The van der Waals surface area contributed by atoms with Gasteiger partial charge in [0.1, 0.15) is 11.3 Å². The van der Waals surface area contributed by atoms with E-state index in [4.69, 9.17) is 20.8 Å². The lowest BCUT2D eigenvalue weighted by Crippen LogP contribution is -2.32. The van der Waals surface area contributed by atoms with Gasteiger partial charge in [-0.15, -0.1) is 0 Å². The van der Waals surface area contributed by atoms with Gasteiger partial charge < -0.3 is 14.1 Å². The minimum Gasteiger partial charge on any atom is -0.471 e. The van der Waals surface area contributed by atoms with Crippen molar-refractivity contribution < 1.29 is 17.9 Å². The monoisotopic (exact) mass is 389 g/mol. The van der Waals surface area contributed by atoms with Crippen molar-refractivity contribution >= 4 is 28.3 Å². The fourth-order valence-corrected chi connectivity index (χ4v) is 4.23. The number of rotatable bonds is 1. The predicted octanol–water partition coefficient (Wildman–Crippen LogP) is 4.57. The Bertz CT molecular complexity index is 1160. The van der Waals surface area contributed by atoms with Gasteiger partial charge in [-0.2, -0.15) is 0 Å². The molecule has 2 aromatic carbocycles. The molecule has 5 rings (SSSR count). The second kappa shape index (κ2) is 5.96. The van der Waals surface area contributed by atoms with Gasteiger partial charge in [-0.1, -0.05) is 11.6 Å². The van der Waals surface area contributed by atoms with Gasteiger partial charge in [-0.3, -0.25) is 0 Å². The molecule has 7 heteroatoms. The Morgan fingerprint density at radius 2 is 1.85 bits per heavy atom. The summed E-state index contributed by atoms with van der Waals surface area (Å²) in [5, 5.41) is 1.27. The van der Waals surface area contributed by atoms with E-state index in [-0.39, 0.29) is 12.4 Å². The van der Waals surface area contributed by atoms with Crippen LogP contribution in [0.25, 0.3) is 11.0 Å². The molecule has 0 unspecified atom stereocenters. The van der Waals surface area contributed by atoms with Gasteiger partial charge in [-0.25, -0.2) is 13.6 Å². The quantitative estimate of drug-likeness (QED) is 0.572. The van der Waals surface area contributed by atoms with Crippen molar-refractivity contribution in [2.45, 2.75) is 25.8 Å². The second-order valence-electron chi connectivity index (χ2n) is 6.81. The molecule has 1 aromatic heterocycles. The molecule has 0 amide bonds. The van der Waals surface area contributed by atoms with E-state index in [1.165, 1.54) is 6.07 Å². The van der Waals surface area contributed by atoms with Gasteiger partial charge in [0, 0.05) is 22.7 Å². The van der Waals surface area contributed by atoms with Crippen molar-refractivity contribution in [2.75, 3.05) is 11.6 Å². The zero-order valence-electron chi connectivity index (χ0n) is 14.2. The van der Waals surface area contributed by atoms with Crippen LogP contribution in [0.2, 0.25) is 5.02 Å². The van der Waals surface area contributed by atoms with Crippen LogP contribution in [-0.4, -0.2) is 6.73 Å². The Balaban J connectivity index is 1.68. The molecule has 0 saturated carbocycles. The normalized spacial score (nSPS) is 15.6. The predicted molar refractivity (Wildman–Crippen MR) is 97.6 cm³/mol. The van der Waals surface area contributed by atoms with Crippen LogP contribution in [0.1, 0.15) is 23.1 Å². The molecular weight excluding hydrogens is 376 g/mol. The number of anilines is 1. The van der Waals surface area contributed by atoms with Gasteiger partial charge in [0.05, 0.1) is 17.1 Å². The molecule has 1 aliphatic carbocycles. The van der Waals surface area contributed by atoms with E-state index in [1.807, 2.05) is 0 Å². The fraction of sp³-hybridized carbons (Fsp3) is 0.250. The standard InChI is InChI=1S/C20H14ClF2NO3/c21-15-7-13-11-2-1-3-12(11)20(25)27-18(13)14-8-24(9-26-19(14)15)10-4-5-16(22)17(23)6-10/h4-7H,1-3,8-9H2. The molecule has 3 aromatic rings. The van der Waals surface area contributed by atoms with Crippen LogP contribution in [0.15, 0.2) is 33.5 Å². The molecule has 2 aliphatic rings. The Morgan fingerprint density at radius 3 is 2.67 bits per heavy atom. The molecule has 0 bridgehead atoms. The number of ether oxygens (including phenoxy) is 1. The Hall–Kier alpha value is -2.60. The molecule has 138 valence electrons. The van der Waals surface area contributed by atoms with E-state index in [0.29, 0.717) is 46.1 Å². The minimum absolute atomic E-state index is 0.123. The Kier molecular flexibility index (Phi) is 3.65. The van der Waals surface area contributed by atoms with E-state index in [1.54, 1.807) is 11.0 Å². The fourth-order valence-electron chi connectivity index (χ4n) is 3.96. The average molecular weight is 390 g/mol. The summed E-state index contributed by atoms with van der Waals surface area (Å²) in [6.07, 6.45) is 2.42. The lowest BCUT2D eigenvalue weighted by molar-refractivity contribution is 0.289. The molecule has 4 nitrogen and oxygen atoms in total. The first-order valence-electron chi connectivity index (χ1n) is 8.65. The lowest BCUT2D eigenvalue weighted by atomic mass is 10.0. The first-order chi connectivity index (χ1) is 13.0. The topological polar surface area (TPSA) is 42.7 Å². The van der Waals surface area contributed by atoms with Crippen molar-refractivity contribution in [3.8, 4) is 5.75 Å². The number of aryl methyl sites for hydroxylation is 1. The summed E-state index contributed by atoms with van der Waals surface area (Å²) in [5.74, 6) is -1.38. The lowest BCUT2D eigenvalue weighted by Gasteiger charge is -2.31. The zero-order chi connectivity index (χ0) is 18.7. The molecule has 2 heterocycles. The third kappa shape index (κ3) is 2.51. The summed E-state index contributed by atoms with van der Waals surface area (Å²) in [7, 11) is 0. The third-order valence-corrected chi connectivity index (χ3v) is 5.53. The summed E-state index contributed by atoms with van der Waals surface area (Å²) in [6.45, 7) is 0.428. The molecule has 27 heavy (non-hydrogen) atoms. The maximum absolute atomic E-state index is 13.6. The van der Waals surface area contributed by atoms with Crippen molar-refractivity contribution in [1.82, 2.24) is 0 Å². The Morgan fingerprint density at radius 1 is 1.04 bits per heavy atom. The van der Waals surface area contributed by atoms with Gasteiger partial charge in [0.2, 0.25) is 0 Å². The number of hydrogen-bond acceptors (Lipinski definition) is 4. The highest BCUT2D eigenvalue weighted by Gasteiger charge is 2.28. The van der Waals surface area contributed by atoms with Gasteiger partial charge in [-0.05, 0) is 43.0 Å². The molecule has 0 fully saturated rings. The molecular formula is C20H14ClF2NO3. The molecule has 0 atom stereocenters. The van der Waals surface area contributed by atoms with E-state index in [0.717, 1.165) is 35.9 Å². The smallest absolute Gasteiger partial charge is 0.339 e. The van der Waals surface area contributed by atoms with E-state index in [9.17, 15) is 13.6 Å². The summed E-state index contributed by atoms with van der Waals surface area (Å²) in [4.78, 5) is 14.1. The van der Waals surface area contributed by atoms with Crippen LogP contribution in [-0.2, 0) is 19.4 Å². The summed E-state index contributed by atoms with van der Waals surface area (Å²) in [5.41, 5.74) is 2.93. The van der Waals surface area contributed by atoms with Gasteiger partial charge in [0.25, 0.3) is 0 Å². The number of benzene rings is 2. The zero-order valence-corrected chi connectivity index (χ0v) is 14.9. The van der Waals surface area contributed by atoms with Crippen LogP contribution in [0.3, 0.4) is 0 Å². The van der Waals surface area contributed by atoms with Crippen LogP contribution in [0, 0.1) is 11.6 Å². The SMILES string of the molecule is O=c1oc2c3c(c(Cl)cc2c2c1CCC2)OCN(c1ccc(F)c(F)c1)C3. The van der Waals surface area contributed by atoms with Crippen molar-refractivity contribution in [3.63, 3.8) is 0 Å². The highest BCUT2D eigenvalue weighted by Crippen LogP contribution is 2.41. The minimum atomic E-state index is -0.932. The van der Waals surface area contributed by atoms with Crippen LogP contribution in [0.4, 0.5) is 14.5 Å². The number of nitrogens with zero attached hydrogens (tertiary/aromatic N) is 1. The van der Waals surface area contributed by atoms with Gasteiger partial charge in [0.15, 0.2) is 18.4 Å².